The van der Waals surface area contributed by atoms with Crippen molar-refractivity contribution in [2.24, 2.45) is 0 Å². The lowest BCUT2D eigenvalue weighted by atomic mass is 10.1. The molecule has 1 aliphatic heterocycles. The highest BCUT2D eigenvalue weighted by Gasteiger charge is 2.30. The van der Waals surface area contributed by atoms with Gasteiger partial charge in [0.15, 0.2) is 11.6 Å². The minimum Gasteiger partial charge on any atom is -0.381 e. The van der Waals surface area contributed by atoms with E-state index in [-0.39, 0.29) is 7.47 Å². The van der Waals surface area contributed by atoms with Crippen molar-refractivity contribution in [1.29, 1.82) is 0 Å². The number of halogens is 3. The average Bonchev–Trinajstić information content (AvgIpc) is 3.12. The predicted molar refractivity (Wildman–Crippen MR) is 109 cm³/mol. The fraction of sp³-hybridized carbons (Fsp3) is 0.350. The van der Waals surface area contributed by atoms with E-state index in [0.717, 1.165) is 30.7 Å². The zero-order chi connectivity index (χ0) is 21.1. The summed E-state index contributed by atoms with van der Waals surface area (Å²) in [5.74, 6) is 1.97. The number of hydrogen-bond donors (Lipinski definition) is 3. The van der Waals surface area contributed by atoms with E-state index >= 15 is 0 Å². The van der Waals surface area contributed by atoms with Crippen LogP contribution in [-0.2, 0) is 10.9 Å². The largest absolute Gasteiger partial charge is 0.416 e. The molecule has 0 aliphatic carbocycles. The Morgan fingerprint density at radius 3 is 2.37 bits per heavy atom. The van der Waals surface area contributed by atoms with Gasteiger partial charge in [-0.1, -0.05) is 12.1 Å². The summed E-state index contributed by atoms with van der Waals surface area (Å²) in [6.45, 7) is 3.22. The van der Waals surface area contributed by atoms with E-state index < -0.39 is 11.7 Å². The molecule has 3 heterocycles. The Morgan fingerprint density at radius 2 is 1.73 bits per heavy atom. The second-order valence-electron chi connectivity index (χ2n) is 7.13. The summed E-state index contributed by atoms with van der Waals surface area (Å²) >= 11 is 0. The molecule has 1 aliphatic rings. The predicted octanol–water partition coefficient (Wildman–Crippen LogP) is 4.77. The molecule has 0 unspecified atom stereocenters. The van der Waals surface area contributed by atoms with Crippen molar-refractivity contribution in [1.82, 2.24) is 20.2 Å². The third kappa shape index (κ3) is 4.88. The Morgan fingerprint density at radius 1 is 1.03 bits per heavy atom. The normalized spacial score (nSPS) is 15.2. The van der Waals surface area contributed by atoms with Crippen LogP contribution in [0.5, 0.6) is 0 Å². The van der Waals surface area contributed by atoms with Crippen LogP contribution in [0.15, 0.2) is 36.4 Å². The number of nitrogens with zero attached hydrogens (tertiary/aromatic N) is 3. The number of aromatic nitrogens is 4. The number of aryl methyl sites for hydroxylation is 1. The van der Waals surface area contributed by atoms with E-state index in [1.807, 2.05) is 13.0 Å². The van der Waals surface area contributed by atoms with Gasteiger partial charge >= 0.3 is 6.18 Å². The van der Waals surface area contributed by atoms with Crippen LogP contribution < -0.4 is 10.6 Å². The molecule has 0 amide bonds. The SMILES string of the molecule is Cc1cc(Nc2cc(NC3CCOCC3)nc(-c3ccc(C(F)(F)F)cc3)n2)n[nH]1.[HH]. The highest BCUT2D eigenvalue weighted by atomic mass is 19.4. The molecule has 4 rings (SSSR count). The van der Waals surface area contributed by atoms with Crippen LogP contribution in [0.1, 0.15) is 25.5 Å². The first-order valence-electron chi connectivity index (χ1n) is 9.57. The Kier molecular flexibility index (Phi) is 5.58. The molecule has 30 heavy (non-hydrogen) atoms. The van der Waals surface area contributed by atoms with Crippen LogP contribution in [0.4, 0.5) is 30.6 Å². The number of nitrogens with one attached hydrogen (secondary N) is 3. The Labute approximate surface area is 172 Å². The van der Waals surface area contributed by atoms with E-state index in [4.69, 9.17) is 4.74 Å². The topological polar surface area (TPSA) is 87.8 Å². The number of ether oxygens (including phenoxy) is 1. The van der Waals surface area contributed by atoms with Crippen molar-refractivity contribution >= 4 is 17.5 Å². The molecule has 1 aromatic carbocycles. The van der Waals surface area contributed by atoms with Crippen LogP contribution in [0.2, 0.25) is 0 Å². The number of anilines is 3. The number of aromatic amines is 1. The smallest absolute Gasteiger partial charge is 0.381 e. The van der Waals surface area contributed by atoms with Gasteiger partial charge in [-0.15, -0.1) is 0 Å². The minimum atomic E-state index is -4.39. The molecule has 2 aromatic heterocycles. The van der Waals surface area contributed by atoms with Crippen molar-refractivity contribution in [2.75, 3.05) is 23.8 Å². The van der Waals surface area contributed by atoms with E-state index in [1.165, 1.54) is 12.1 Å². The number of hydrogen-bond acceptors (Lipinski definition) is 6. The molecule has 0 radical (unpaired) electrons. The van der Waals surface area contributed by atoms with E-state index in [0.29, 0.717) is 42.1 Å². The molecule has 0 spiro atoms. The maximum absolute atomic E-state index is 12.9. The van der Waals surface area contributed by atoms with Gasteiger partial charge in [-0.3, -0.25) is 5.10 Å². The van der Waals surface area contributed by atoms with Crippen LogP contribution in [-0.4, -0.2) is 39.4 Å². The molecule has 1 fully saturated rings. The number of alkyl halides is 3. The highest BCUT2D eigenvalue weighted by Crippen LogP contribution is 2.31. The number of benzene rings is 1. The summed E-state index contributed by atoms with van der Waals surface area (Å²) in [5.41, 5.74) is 0.656. The van der Waals surface area contributed by atoms with Crippen LogP contribution >= 0.6 is 0 Å². The fourth-order valence-corrected chi connectivity index (χ4v) is 3.19. The first-order chi connectivity index (χ1) is 14.4. The van der Waals surface area contributed by atoms with Gasteiger partial charge in [0.05, 0.1) is 5.56 Å². The molecule has 1 saturated heterocycles. The maximum atomic E-state index is 12.9. The summed E-state index contributed by atoms with van der Waals surface area (Å²) in [7, 11) is 0. The minimum absolute atomic E-state index is 0. The van der Waals surface area contributed by atoms with Gasteiger partial charge in [-0.25, -0.2) is 9.97 Å². The maximum Gasteiger partial charge on any atom is 0.416 e. The van der Waals surface area contributed by atoms with E-state index in [1.54, 1.807) is 6.07 Å². The van der Waals surface area contributed by atoms with Gasteiger partial charge in [0.1, 0.15) is 11.6 Å². The van der Waals surface area contributed by atoms with E-state index in [9.17, 15) is 13.2 Å². The quantitative estimate of drug-likeness (QED) is 0.551. The van der Waals surface area contributed by atoms with Crippen molar-refractivity contribution in [3.05, 3.63) is 47.7 Å². The summed E-state index contributed by atoms with van der Waals surface area (Å²) in [5, 5.41) is 13.5. The van der Waals surface area contributed by atoms with E-state index in [2.05, 4.69) is 30.8 Å². The summed E-state index contributed by atoms with van der Waals surface area (Å²) in [6, 6.07) is 8.59. The second-order valence-corrected chi connectivity index (χ2v) is 7.13. The summed E-state index contributed by atoms with van der Waals surface area (Å²) < 4.78 is 44.0. The van der Waals surface area contributed by atoms with Crippen molar-refractivity contribution in [2.45, 2.75) is 32.0 Å². The summed E-state index contributed by atoms with van der Waals surface area (Å²) in [6.07, 6.45) is -2.70. The van der Waals surface area contributed by atoms with Gasteiger partial charge in [-0.2, -0.15) is 18.3 Å². The lowest BCUT2D eigenvalue weighted by molar-refractivity contribution is -0.137. The Balaban J connectivity index is 0.00000272. The molecule has 3 aromatic rings. The number of rotatable bonds is 5. The molecule has 160 valence electrons. The van der Waals surface area contributed by atoms with Gasteiger partial charge in [0.25, 0.3) is 0 Å². The van der Waals surface area contributed by atoms with Crippen molar-refractivity contribution in [3.8, 4) is 11.4 Å². The highest BCUT2D eigenvalue weighted by molar-refractivity contribution is 5.64. The molecule has 0 bridgehead atoms. The molecule has 0 atom stereocenters. The average molecular weight is 420 g/mol. The third-order valence-corrected chi connectivity index (χ3v) is 4.73. The zero-order valence-electron chi connectivity index (χ0n) is 16.3. The van der Waals surface area contributed by atoms with Crippen LogP contribution in [0, 0.1) is 6.92 Å². The lowest BCUT2D eigenvalue weighted by Gasteiger charge is -2.24. The molecule has 10 heteroatoms. The molecule has 3 N–H and O–H groups in total. The molecule has 7 nitrogen and oxygen atoms in total. The molecular formula is C20H23F3N6O. The summed E-state index contributed by atoms with van der Waals surface area (Å²) in [4.78, 5) is 9.00. The first-order valence-corrected chi connectivity index (χ1v) is 9.57. The van der Waals surface area contributed by atoms with Crippen molar-refractivity contribution in [3.63, 3.8) is 0 Å². The second kappa shape index (κ2) is 8.31. The third-order valence-electron chi connectivity index (χ3n) is 4.73. The standard InChI is InChI=1S/C20H21F3N6O.H2/c1-12-10-18(29-28-12)25-17-11-16(24-15-6-8-30-9-7-15)26-19(27-17)13-2-4-14(5-3-13)20(21,22)23;/h2-5,10-11,15H,6-9H2,1H3,(H3,24,25,26,27,28,29);1H. The Bertz CT molecular complexity index is 1000. The fourth-order valence-electron chi connectivity index (χ4n) is 3.19. The van der Waals surface area contributed by atoms with Crippen LogP contribution in [0.25, 0.3) is 11.4 Å². The Hall–Kier alpha value is -3.14. The van der Waals surface area contributed by atoms with Crippen molar-refractivity contribution < 1.29 is 19.3 Å². The number of H-pyrrole nitrogens is 1. The first kappa shape index (κ1) is 20.1. The molecule has 0 saturated carbocycles. The molecular weight excluding hydrogens is 397 g/mol. The lowest BCUT2D eigenvalue weighted by Crippen LogP contribution is -2.28. The van der Waals surface area contributed by atoms with Gasteiger partial charge < -0.3 is 15.4 Å². The van der Waals surface area contributed by atoms with Gasteiger partial charge in [0.2, 0.25) is 0 Å². The van der Waals surface area contributed by atoms with Crippen LogP contribution in [0.3, 0.4) is 0 Å². The monoisotopic (exact) mass is 420 g/mol. The van der Waals surface area contributed by atoms with Gasteiger partial charge in [0, 0.05) is 44.1 Å². The zero-order valence-corrected chi connectivity index (χ0v) is 16.3. The van der Waals surface area contributed by atoms with Gasteiger partial charge in [-0.05, 0) is 31.9 Å².